The lowest BCUT2D eigenvalue weighted by molar-refractivity contribution is -0.396. The predicted molar refractivity (Wildman–Crippen MR) is 197 cm³/mol. The molecule has 25 atom stereocenters. The third-order valence-electron chi connectivity index (χ3n) is 11.3. The van der Waals surface area contributed by atoms with Gasteiger partial charge in [0.25, 0.3) is 0 Å². The Hall–Kier alpha value is -1.90. The van der Waals surface area contributed by atoms with E-state index in [1.165, 1.54) is 27.7 Å². The number of carbonyl (C=O) groups excluding carboxylic acids is 2. The number of amides is 1. The van der Waals surface area contributed by atoms with Crippen molar-refractivity contribution in [3.05, 3.63) is 0 Å². The van der Waals surface area contributed by atoms with Crippen LogP contribution in [0.2, 0.25) is 0 Å². The molecule has 0 bridgehead atoms. The van der Waals surface area contributed by atoms with Crippen molar-refractivity contribution < 1.29 is 118 Å². The molecule has 5 saturated heterocycles. The highest BCUT2D eigenvalue weighted by molar-refractivity contribution is 5.73. The van der Waals surface area contributed by atoms with Crippen molar-refractivity contribution in [3.63, 3.8) is 0 Å². The number of nitrogens with one attached hydrogen (secondary N) is 1. The number of esters is 1. The van der Waals surface area contributed by atoms with Gasteiger partial charge in [-0.2, -0.15) is 0 Å². The maximum Gasteiger partial charge on any atom is 0.303 e. The fourth-order valence-corrected chi connectivity index (χ4v) is 7.89. The van der Waals surface area contributed by atoms with Gasteiger partial charge in [0.15, 0.2) is 37.6 Å². The van der Waals surface area contributed by atoms with Crippen LogP contribution in [0.15, 0.2) is 0 Å². The molecule has 360 valence electrons. The van der Waals surface area contributed by atoms with E-state index >= 15 is 0 Å². The van der Waals surface area contributed by atoms with Gasteiger partial charge in [-0.3, -0.25) is 9.59 Å². The second kappa shape index (κ2) is 22.1. The third kappa shape index (κ3) is 11.2. The molecule has 5 rings (SSSR count). The number of aliphatic hydroxyl groups is 11. The fraction of sp³-hybridized carbons (Fsp3) is 0.946. The topological polar surface area (TPSA) is 370 Å². The van der Waals surface area contributed by atoms with E-state index in [9.17, 15) is 65.8 Å². The van der Waals surface area contributed by atoms with Crippen LogP contribution in [0.5, 0.6) is 0 Å². The Kier molecular flexibility index (Phi) is 18.2. The summed E-state index contributed by atoms with van der Waals surface area (Å²) < 4.78 is 64.3. The maximum atomic E-state index is 12.6. The van der Waals surface area contributed by atoms with E-state index in [1.54, 1.807) is 0 Å². The van der Waals surface area contributed by atoms with Crippen molar-refractivity contribution in [2.24, 2.45) is 0 Å². The summed E-state index contributed by atoms with van der Waals surface area (Å²) in [7, 11) is 0. The molecule has 5 aliphatic rings. The summed E-state index contributed by atoms with van der Waals surface area (Å²) in [6.45, 7) is 6.82. The van der Waals surface area contributed by atoms with Gasteiger partial charge in [0, 0.05) is 20.5 Å². The molecule has 25 nitrogen and oxygen atoms in total. The van der Waals surface area contributed by atoms with Crippen molar-refractivity contribution in [2.45, 2.75) is 201 Å². The Morgan fingerprint density at radius 2 is 0.984 bits per heavy atom. The van der Waals surface area contributed by atoms with E-state index in [-0.39, 0.29) is 6.61 Å². The summed E-state index contributed by atoms with van der Waals surface area (Å²) in [6, 6.07) is -1.23. The first-order valence-electron chi connectivity index (χ1n) is 20.5. The molecule has 0 saturated carbocycles. The van der Waals surface area contributed by atoms with Crippen LogP contribution in [0.1, 0.15) is 48.0 Å². The van der Waals surface area contributed by atoms with E-state index < -0.39 is 179 Å². The molecule has 5 aliphatic heterocycles. The predicted octanol–water partition coefficient (Wildman–Crippen LogP) is -6.69. The molecule has 0 radical (unpaired) electrons. The zero-order chi connectivity index (χ0) is 45.9. The van der Waals surface area contributed by atoms with Crippen molar-refractivity contribution in [1.29, 1.82) is 0 Å². The van der Waals surface area contributed by atoms with E-state index in [1.807, 2.05) is 6.92 Å². The van der Waals surface area contributed by atoms with Crippen LogP contribution in [-0.4, -0.2) is 241 Å². The van der Waals surface area contributed by atoms with Crippen LogP contribution in [0.25, 0.3) is 0 Å². The van der Waals surface area contributed by atoms with Gasteiger partial charge in [0.2, 0.25) is 5.91 Å². The van der Waals surface area contributed by atoms with E-state index in [0.29, 0.717) is 6.42 Å². The van der Waals surface area contributed by atoms with Crippen LogP contribution >= 0.6 is 0 Å². The van der Waals surface area contributed by atoms with Crippen LogP contribution in [0.3, 0.4) is 0 Å². The van der Waals surface area contributed by atoms with E-state index in [0.717, 1.165) is 6.92 Å². The number of aliphatic hydroxyl groups excluding tert-OH is 11. The number of hydrogen-bond acceptors (Lipinski definition) is 24. The Labute approximate surface area is 356 Å². The van der Waals surface area contributed by atoms with Crippen molar-refractivity contribution in [1.82, 2.24) is 5.32 Å². The quantitative estimate of drug-likeness (QED) is 0.0680. The first kappa shape index (κ1) is 51.1. The summed E-state index contributed by atoms with van der Waals surface area (Å²) >= 11 is 0. The molecular formula is C37H63NO24. The lowest BCUT2D eigenvalue weighted by atomic mass is 9.95. The SMILES string of the molecule is CCCO[C@@H]1O[C@H](CO)[C@@H](O)[C@H](O[C@@H]2O[C@@H](C)[C@H](O)[C@@H](O[C@@H]3O[C@@H](C)[C@H](O)[C@@H](O)[C@H]3O[C@@H]3O[C@@H](C)[C@H](O)[C@@H](O[C@H]4O[C@H](CO)[C@@H](O)[C@H](O)[C@H]4O)[C@H]3O)[C@H]2OC(C)=O)[C@H]1NC(C)=O. The molecule has 5 heterocycles. The lowest BCUT2D eigenvalue weighted by Crippen LogP contribution is -2.69. The van der Waals surface area contributed by atoms with Crippen LogP contribution in [0.4, 0.5) is 0 Å². The third-order valence-corrected chi connectivity index (χ3v) is 11.3. The molecule has 5 fully saturated rings. The van der Waals surface area contributed by atoms with Crippen molar-refractivity contribution >= 4 is 11.9 Å². The highest BCUT2D eigenvalue weighted by atomic mass is 16.8. The summed E-state index contributed by atoms with van der Waals surface area (Å²) in [6.07, 6.45) is -38.6. The smallest absolute Gasteiger partial charge is 0.303 e. The van der Waals surface area contributed by atoms with Crippen molar-refractivity contribution in [3.8, 4) is 0 Å². The molecular weight excluding hydrogens is 842 g/mol. The first-order valence-corrected chi connectivity index (χ1v) is 20.5. The molecule has 0 spiro atoms. The monoisotopic (exact) mass is 905 g/mol. The highest BCUT2D eigenvalue weighted by Crippen LogP contribution is 2.37. The zero-order valence-electron chi connectivity index (χ0n) is 35.0. The summed E-state index contributed by atoms with van der Waals surface area (Å²) in [5, 5.41) is 121. The minimum atomic E-state index is -1.99. The number of hydrogen-bond donors (Lipinski definition) is 12. The van der Waals surface area contributed by atoms with Crippen LogP contribution in [-0.2, 0) is 61.7 Å². The summed E-state index contributed by atoms with van der Waals surface area (Å²) in [5.74, 6) is -1.50. The van der Waals surface area contributed by atoms with E-state index in [2.05, 4.69) is 5.32 Å². The van der Waals surface area contributed by atoms with Gasteiger partial charge in [-0.05, 0) is 27.2 Å². The Morgan fingerprint density at radius 1 is 0.500 bits per heavy atom. The van der Waals surface area contributed by atoms with Gasteiger partial charge in [0.1, 0.15) is 97.6 Å². The molecule has 1 amide bonds. The molecule has 0 aromatic rings. The molecule has 62 heavy (non-hydrogen) atoms. The van der Waals surface area contributed by atoms with Crippen LogP contribution < -0.4 is 5.32 Å². The van der Waals surface area contributed by atoms with Gasteiger partial charge in [-0.1, -0.05) is 6.92 Å². The van der Waals surface area contributed by atoms with Gasteiger partial charge >= 0.3 is 5.97 Å². The Balaban J connectivity index is 1.42. The maximum absolute atomic E-state index is 12.6. The number of carbonyl (C=O) groups is 2. The van der Waals surface area contributed by atoms with Crippen molar-refractivity contribution in [2.75, 3.05) is 19.8 Å². The van der Waals surface area contributed by atoms with Gasteiger partial charge in [0.05, 0.1) is 31.5 Å². The average Bonchev–Trinajstić information content (AvgIpc) is 3.22. The average molecular weight is 906 g/mol. The Morgan fingerprint density at radius 3 is 1.56 bits per heavy atom. The summed E-state index contributed by atoms with van der Waals surface area (Å²) in [5.41, 5.74) is 0. The molecule has 0 unspecified atom stereocenters. The fourth-order valence-electron chi connectivity index (χ4n) is 7.89. The second-order valence-electron chi connectivity index (χ2n) is 16.1. The first-order chi connectivity index (χ1) is 29.2. The molecule has 0 aliphatic carbocycles. The normalized spacial score (nSPS) is 49.0. The lowest BCUT2D eigenvalue weighted by Gasteiger charge is -2.50. The van der Waals surface area contributed by atoms with Crippen LogP contribution in [0, 0.1) is 0 Å². The van der Waals surface area contributed by atoms with Gasteiger partial charge in [-0.15, -0.1) is 0 Å². The minimum Gasteiger partial charge on any atom is -0.454 e. The summed E-state index contributed by atoms with van der Waals surface area (Å²) in [4.78, 5) is 25.0. The molecule has 25 heteroatoms. The van der Waals surface area contributed by atoms with Gasteiger partial charge < -0.3 is 114 Å². The molecule has 0 aromatic carbocycles. The van der Waals surface area contributed by atoms with Gasteiger partial charge in [-0.25, -0.2) is 0 Å². The number of rotatable bonds is 15. The largest absolute Gasteiger partial charge is 0.454 e. The highest BCUT2D eigenvalue weighted by Gasteiger charge is 2.57. The zero-order valence-corrected chi connectivity index (χ0v) is 35.0. The van der Waals surface area contributed by atoms with E-state index in [4.69, 9.17) is 52.1 Å². The number of ether oxygens (including phenoxy) is 11. The minimum absolute atomic E-state index is 0.148. The Bertz CT molecular complexity index is 1430. The standard InChI is InChI=1S/C37H63NO24/c1-7-8-52-33-18(38-14(5)41)28(23(47)17(10-40)57-33)59-37-32(56-15(6)42)30(21(45)13(4)55-37)61-36-31(25(49)19(43)11(2)54-36)62-35-27(51)29(20(44)12(3)53-35)60-34-26(50)24(48)22(46)16(9-39)58-34/h11-13,16-37,39-40,43-51H,7-10H2,1-6H3,(H,38,41)/t11-,12-,13-,16+,17+,18+,19-,20-,21-,22+,23+,24-,25+,26+,27+,28+,29+,30+,31+,32+,33+,34+,35-,36-,37-/m0/s1. The molecule has 12 N–H and O–H groups in total. The second-order valence-corrected chi connectivity index (χ2v) is 16.1. The molecule has 0 aromatic heterocycles.